The van der Waals surface area contributed by atoms with E-state index in [0.29, 0.717) is 17.0 Å². The molecule has 0 fully saturated rings. The van der Waals surface area contributed by atoms with E-state index in [4.69, 9.17) is 4.74 Å². The molecule has 0 saturated heterocycles. The van der Waals surface area contributed by atoms with Gasteiger partial charge in [-0.25, -0.2) is 4.98 Å². The minimum atomic E-state index is -4.75. The van der Waals surface area contributed by atoms with E-state index in [0.717, 1.165) is 22.3 Å². The number of nitriles is 1. The van der Waals surface area contributed by atoms with E-state index in [-0.39, 0.29) is 16.5 Å². The zero-order valence-corrected chi connectivity index (χ0v) is 18.9. The first-order chi connectivity index (χ1) is 15.2. The molecule has 3 rings (SSSR count). The van der Waals surface area contributed by atoms with Crippen LogP contribution in [0.3, 0.4) is 0 Å². The average molecular weight is 522 g/mol. The highest BCUT2D eigenvalue weighted by Crippen LogP contribution is 2.38. The second-order valence-corrected chi connectivity index (χ2v) is 8.30. The molecule has 0 aliphatic carbocycles. The first kappa shape index (κ1) is 23.6. The van der Waals surface area contributed by atoms with Gasteiger partial charge in [-0.05, 0) is 42.5 Å². The molecule has 0 bridgehead atoms. The van der Waals surface area contributed by atoms with Gasteiger partial charge in [0.25, 0.3) is 0 Å². The van der Waals surface area contributed by atoms with Gasteiger partial charge >= 0.3 is 6.18 Å². The van der Waals surface area contributed by atoms with E-state index in [1.165, 1.54) is 7.11 Å². The maximum Gasteiger partial charge on any atom is 0.417 e. The number of pyridine rings is 1. The third-order valence-corrected chi connectivity index (χ3v) is 5.76. The Bertz CT molecular complexity index is 1160. The SMILES string of the molecule is COc1ccc(NC(=O)CSc2nc(-c3ccc(Br)cc3)cc(C(F)(F)F)c2C#N)cc1. The maximum absolute atomic E-state index is 13.6. The fraction of sp³-hybridized carbons (Fsp3) is 0.136. The summed E-state index contributed by atoms with van der Waals surface area (Å²) in [6.07, 6.45) is -4.75. The minimum Gasteiger partial charge on any atom is -0.497 e. The van der Waals surface area contributed by atoms with Crippen LogP contribution in [0.1, 0.15) is 11.1 Å². The molecule has 0 atom stereocenters. The van der Waals surface area contributed by atoms with Crippen molar-refractivity contribution in [2.24, 2.45) is 0 Å². The van der Waals surface area contributed by atoms with Crippen molar-refractivity contribution in [1.29, 1.82) is 5.26 Å². The summed E-state index contributed by atoms with van der Waals surface area (Å²) in [7, 11) is 1.52. The van der Waals surface area contributed by atoms with E-state index in [1.807, 2.05) is 0 Å². The van der Waals surface area contributed by atoms with Crippen molar-refractivity contribution in [1.82, 2.24) is 4.98 Å². The molecule has 5 nitrogen and oxygen atoms in total. The van der Waals surface area contributed by atoms with Crippen LogP contribution in [0.15, 0.2) is 64.1 Å². The number of amides is 1. The zero-order valence-electron chi connectivity index (χ0n) is 16.5. The molecule has 1 heterocycles. The Kier molecular flexibility index (Phi) is 7.43. The number of carbonyl (C=O) groups excluding carboxylic acids is 1. The van der Waals surface area contributed by atoms with Crippen molar-refractivity contribution in [3.63, 3.8) is 0 Å². The second kappa shape index (κ2) is 10.1. The molecule has 2 aromatic carbocycles. The number of nitrogens with one attached hydrogen (secondary N) is 1. The number of anilines is 1. The Morgan fingerprint density at radius 2 is 1.84 bits per heavy atom. The Balaban J connectivity index is 1.88. The summed E-state index contributed by atoms with van der Waals surface area (Å²) in [6.45, 7) is 0. The molecule has 0 radical (unpaired) electrons. The Hall–Kier alpha value is -3.03. The lowest BCUT2D eigenvalue weighted by molar-refractivity contribution is -0.138. The lowest BCUT2D eigenvalue weighted by Gasteiger charge is -2.14. The highest BCUT2D eigenvalue weighted by atomic mass is 79.9. The molecule has 1 aromatic heterocycles. The van der Waals surface area contributed by atoms with Gasteiger partial charge in [0.2, 0.25) is 5.91 Å². The van der Waals surface area contributed by atoms with Crippen molar-refractivity contribution in [2.45, 2.75) is 11.2 Å². The van der Waals surface area contributed by atoms with Crippen LogP contribution < -0.4 is 10.1 Å². The predicted molar refractivity (Wildman–Crippen MR) is 119 cm³/mol. The quantitative estimate of drug-likeness (QED) is 0.394. The van der Waals surface area contributed by atoms with E-state index >= 15 is 0 Å². The van der Waals surface area contributed by atoms with Crippen LogP contribution in [0.2, 0.25) is 0 Å². The summed E-state index contributed by atoms with van der Waals surface area (Å²) in [5.41, 5.74) is -0.689. The number of methoxy groups -OCH3 is 1. The molecule has 0 spiro atoms. The van der Waals surface area contributed by atoms with Gasteiger partial charge in [0, 0.05) is 15.7 Å². The smallest absolute Gasteiger partial charge is 0.417 e. The number of hydrogen-bond donors (Lipinski definition) is 1. The topological polar surface area (TPSA) is 75.0 Å². The van der Waals surface area contributed by atoms with Crippen LogP contribution in [-0.4, -0.2) is 23.8 Å². The van der Waals surface area contributed by atoms with Crippen LogP contribution in [0.4, 0.5) is 18.9 Å². The average Bonchev–Trinajstić information content (AvgIpc) is 2.77. The molecule has 1 amide bonds. The number of carbonyl (C=O) groups is 1. The fourth-order valence-corrected chi connectivity index (χ4v) is 3.80. The summed E-state index contributed by atoms with van der Waals surface area (Å²) in [6, 6.07) is 15.6. The molecule has 164 valence electrons. The first-order valence-electron chi connectivity index (χ1n) is 9.06. The lowest BCUT2D eigenvalue weighted by atomic mass is 10.1. The summed E-state index contributed by atoms with van der Waals surface area (Å²) in [5, 5.41) is 11.9. The van der Waals surface area contributed by atoms with Crippen molar-refractivity contribution in [3.05, 3.63) is 70.2 Å². The highest BCUT2D eigenvalue weighted by molar-refractivity contribution is 9.10. The number of benzene rings is 2. The molecule has 0 unspecified atom stereocenters. The summed E-state index contributed by atoms with van der Waals surface area (Å²) < 4.78 is 46.7. The van der Waals surface area contributed by atoms with Gasteiger partial charge in [-0.15, -0.1) is 0 Å². The van der Waals surface area contributed by atoms with E-state index in [9.17, 15) is 23.2 Å². The van der Waals surface area contributed by atoms with Crippen LogP contribution in [0, 0.1) is 11.3 Å². The largest absolute Gasteiger partial charge is 0.497 e. The molecule has 1 N–H and O–H groups in total. The van der Waals surface area contributed by atoms with Crippen molar-refractivity contribution in [3.8, 4) is 23.1 Å². The molecule has 3 aromatic rings. The monoisotopic (exact) mass is 521 g/mol. The first-order valence-corrected chi connectivity index (χ1v) is 10.8. The molecular weight excluding hydrogens is 507 g/mol. The number of alkyl halides is 3. The van der Waals surface area contributed by atoms with Crippen molar-refractivity contribution >= 4 is 39.3 Å². The fourth-order valence-electron chi connectivity index (χ4n) is 2.73. The van der Waals surface area contributed by atoms with Gasteiger partial charge < -0.3 is 10.1 Å². The predicted octanol–water partition coefficient (Wildman–Crippen LogP) is 6.14. The number of ether oxygens (including phenoxy) is 1. The number of nitrogens with zero attached hydrogens (tertiary/aromatic N) is 2. The van der Waals surface area contributed by atoms with E-state index < -0.39 is 23.2 Å². The van der Waals surface area contributed by atoms with E-state index in [1.54, 1.807) is 54.6 Å². The zero-order chi connectivity index (χ0) is 23.3. The molecule has 10 heteroatoms. The number of hydrogen-bond acceptors (Lipinski definition) is 5. The summed E-state index contributed by atoms with van der Waals surface area (Å²) in [4.78, 5) is 16.6. The van der Waals surface area contributed by atoms with Gasteiger partial charge in [0.1, 0.15) is 16.8 Å². The Labute approximate surface area is 194 Å². The van der Waals surface area contributed by atoms with Gasteiger partial charge in [-0.3, -0.25) is 4.79 Å². The van der Waals surface area contributed by atoms with Gasteiger partial charge in [0.15, 0.2) is 0 Å². The summed E-state index contributed by atoms with van der Waals surface area (Å²) >= 11 is 4.05. The minimum absolute atomic E-state index is 0.0573. The van der Waals surface area contributed by atoms with Crippen LogP contribution >= 0.6 is 27.7 Å². The number of rotatable bonds is 6. The Morgan fingerprint density at radius 3 is 2.41 bits per heavy atom. The van der Waals surface area contributed by atoms with Gasteiger partial charge in [0.05, 0.1) is 29.7 Å². The highest BCUT2D eigenvalue weighted by Gasteiger charge is 2.36. The van der Waals surface area contributed by atoms with Crippen LogP contribution in [0.25, 0.3) is 11.3 Å². The molecule has 0 aliphatic heterocycles. The normalized spacial score (nSPS) is 11.0. The van der Waals surface area contributed by atoms with Crippen LogP contribution in [-0.2, 0) is 11.0 Å². The van der Waals surface area contributed by atoms with Crippen molar-refractivity contribution in [2.75, 3.05) is 18.2 Å². The Morgan fingerprint density at radius 1 is 1.19 bits per heavy atom. The second-order valence-electron chi connectivity index (χ2n) is 6.42. The molecule has 0 saturated carbocycles. The maximum atomic E-state index is 13.6. The van der Waals surface area contributed by atoms with Gasteiger partial charge in [-0.1, -0.05) is 39.8 Å². The van der Waals surface area contributed by atoms with E-state index in [2.05, 4.69) is 26.2 Å². The molecular formula is C22H15BrF3N3O2S. The summed E-state index contributed by atoms with van der Waals surface area (Å²) in [5.74, 6) is -0.0624. The number of aromatic nitrogens is 1. The van der Waals surface area contributed by atoms with Gasteiger partial charge in [-0.2, -0.15) is 18.4 Å². The number of thioether (sulfide) groups is 1. The number of halogens is 4. The molecule has 0 aliphatic rings. The van der Waals surface area contributed by atoms with Crippen LogP contribution in [0.5, 0.6) is 5.75 Å². The third kappa shape index (κ3) is 5.81. The third-order valence-electron chi connectivity index (χ3n) is 4.26. The molecule has 32 heavy (non-hydrogen) atoms. The van der Waals surface area contributed by atoms with Crippen molar-refractivity contribution < 1.29 is 22.7 Å². The standard InChI is InChI=1S/C22H15BrF3N3O2S/c1-31-16-8-6-15(7-9-16)28-20(30)12-32-21-17(11-27)18(22(24,25)26)10-19(29-21)13-2-4-14(23)5-3-13/h2-10H,12H2,1H3,(H,28,30). The lowest BCUT2D eigenvalue weighted by Crippen LogP contribution is -2.15.